The second kappa shape index (κ2) is 5.80. The summed E-state index contributed by atoms with van der Waals surface area (Å²) in [5.74, 6) is 1.54. The van der Waals surface area contributed by atoms with E-state index in [0.29, 0.717) is 16.7 Å². The fourth-order valence-electron chi connectivity index (χ4n) is 2.56. The summed E-state index contributed by atoms with van der Waals surface area (Å²) in [6.45, 7) is 0.897. The molecule has 1 aliphatic rings. The van der Waals surface area contributed by atoms with Crippen molar-refractivity contribution in [2.75, 3.05) is 12.1 Å². The van der Waals surface area contributed by atoms with E-state index >= 15 is 0 Å². The van der Waals surface area contributed by atoms with Crippen molar-refractivity contribution in [1.82, 2.24) is 4.98 Å². The topological polar surface area (TPSA) is 43.4 Å². The molecule has 0 saturated carbocycles. The maximum Gasteiger partial charge on any atom is 0.231 e. The first kappa shape index (κ1) is 14.4. The summed E-state index contributed by atoms with van der Waals surface area (Å²) < 4.78 is 10.7. The van der Waals surface area contributed by atoms with E-state index in [1.165, 1.54) is 0 Å². The molecule has 0 fully saturated rings. The van der Waals surface area contributed by atoms with Gasteiger partial charge in [-0.15, -0.1) is 0 Å². The second-order valence-corrected chi connectivity index (χ2v) is 6.02. The summed E-state index contributed by atoms with van der Waals surface area (Å²) in [6, 6.07) is 13.2. The van der Waals surface area contributed by atoms with Crippen LogP contribution in [-0.2, 0) is 6.54 Å². The zero-order valence-corrected chi connectivity index (χ0v) is 13.5. The van der Waals surface area contributed by atoms with Crippen molar-refractivity contribution in [3.63, 3.8) is 0 Å². The first-order chi connectivity index (χ1) is 11.2. The molecule has 3 aromatic rings. The van der Waals surface area contributed by atoms with Crippen LogP contribution in [0.5, 0.6) is 11.5 Å². The van der Waals surface area contributed by atoms with E-state index in [0.717, 1.165) is 33.7 Å². The average Bonchev–Trinajstić information content (AvgIpc) is 3.00. The molecule has 4 rings (SSSR count). The molecule has 0 aliphatic carbocycles. The third kappa shape index (κ3) is 2.87. The summed E-state index contributed by atoms with van der Waals surface area (Å²) in [6.07, 6.45) is 0. The first-order valence-corrected chi connectivity index (χ1v) is 7.83. The first-order valence-electron chi connectivity index (χ1n) is 7.07. The Labute approximate surface area is 142 Å². The van der Waals surface area contributed by atoms with Crippen molar-refractivity contribution in [3.05, 3.63) is 58.2 Å². The number of halogens is 2. The number of ether oxygens (including phenoxy) is 2. The number of hydrogen-bond donors (Lipinski definition) is 1. The number of benzene rings is 2. The third-order valence-electron chi connectivity index (χ3n) is 3.66. The molecule has 6 heteroatoms. The molecular formula is C17H12Cl2N2O2. The smallest absolute Gasteiger partial charge is 0.231 e. The van der Waals surface area contributed by atoms with Crippen LogP contribution < -0.4 is 14.8 Å². The number of hydrogen-bond acceptors (Lipinski definition) is 4. The number of rotatable bonds is 3. The highest BCUT2D eigenvalue weighted by molar-refractivity contribution is 6.32. The quantitative estimate of drug-likeness (QED) is 0.686. The van der Waals surface area contributed by atoms with Gasteiger partial charge in [-0.2, -0.15) is 0 Å². The molecule has 116 valence electrons. The summed E-state index contributed by atoms with van der Waals surface area (Å²) in [7, 11) is 0. The van der Waals surface area contributed by atoms with Crippen LogP contribution in [0.15, 0.2) is 42.5 Å². The largest absolute Gasteiger partial charge is 0.454 e. The van der Waals surface area contributed by atoms with Gasteiger partial charge in [-0.3, -0.25) is 0 Å². The van der Waals surface area contributed by atoms with Crippen LogP contribution in [0.1, 0.15) is 5.56 Å². The molecule has 23 heavy (non-hydrogen) atoms. The fraction of sp³-hybridized carbons (Fsp3) is 0.118. The number of pyridine rings is 1. The van der Waals surface area contributed by atoms with Gasteiger partial charge in [-0.1, -0.05) is 29.3 Å². The van der Waals surface area contributed by atoms with Crippen molar-refractivity contribution in [1.29, 1.82) is 0 Å². The Morgan fingerprint density at radius 1 is 1.00 bits per heavy atom. The number of aromatic nitrogens is 1. The molecule has 4 nitrogen and oxygen atoms in total. The van der Waals surface area contributed by atoms with Gasteiger partial charge in [0, 0.05) is 22.6 Å². The zero-order chi connectivity index (χ0) is 15.8. The van der Waals surface area contributed by atoms with Crippen LogP contribution in [0.4, 0.5) is 5.69 Å². The lowest BCUT2D eigenvalue weighted by atomic mass is 10.1. The fourth-order valence-corrected chi connectivity index (χ4v) is 2.93. The van der Waals surface area contributed by atoms with Crippen molar-refractivity contribution < 1.29 is 9.47 Å². The molecule has 2 aromatic carbocycles. The molecule has 0 unspecified atom stereocenters. The summed E-state index contributed by atoms with van der Waals surface area (Å²) in [5.41, 5.74) is 2.77. The molecule has 0 spiro atoms. The molecule has 0 bridgehead atoms. The highest BCUT2D eigenvalue weighted by Gasteiger charge is 2.13. The molecule has 0 amide bonds. The summed E-state index contributed by atoms with van der Waals surface area (Å²) in [4.78, 5) is 4.31. The molecule has 0 atom stereocenters. The van der Waals surface area contributed by atoms with Crippen LogP contribution in [0.2, 0.25) is 10.2 Å². The lowest BCUT2D eigenvalue weighted by molar-refractivity contribution is 0.174. The van der Waals surface area contributed by atoms with Gasteiger partial charge in [0.05, 0.1) is 5.52 Å². The summed E-state index contributed by atoms with van der Waals surface area (Å²) in [5, 5.41) is 5.41. The van der Waals surface area contributed by atoms with Gasteiger partial charge >= 0.3 is 0 Å². The van der Waals surface area contributed by atoms with Crippen molar-refractivity contribution in [2.45, 2.75) is 6.54 Å². The Morgan fingerprint density at radius 2 is 1.87 bits per heavy atom. The predicted octanol–water partition coefficient (Wildman–Crippen LogP) is 4.88. The Bertz CT molecular complexity index is 899. The van der Waals surface area contributed by atoms with Gasteiger partial charge in [-0.25, -0.2) is 4.98 Å². The maximum absolute atomic E-state index is 6.10. The summed E-state index contributed by atoms with van der Waals surface area (Å²) >= 11 is 12.2. The lowest BCUT2D eigenvalue weighted by Gasteiger charge is -2.11. The number of anilines is 1. The zero-order valence-electron chi connectivity index (χ0n) is 12.0. The van der Waals surface area contributed by atoms with E-state index in [4.69, 9.17) is 32.7 Å². The van der Waals surface area contributed by atoms with Gasteiger partial charge < -0.3 is 14.8 Å². The van der Waals surface area contributed by atoms with Crippen molar-refractivity contribution >= 4 is 39.8 Å². The van der Waals surface area contributed by atoms with Crippen LogP contribution in [0, 0.1) is 0 Å². The Kier molecular flexibility index (Phi) is 3.63. The van der Waals surface area contributed by atoms with Crippen LogP contribution in [0.3, 0.4) is 0 Å². The lowest BCUT2D eigenvalue weighted by Crippen LogP contribution is -2.01. The normalized spacial score (nSPS) is 12.6. The van der Waals surface area contributed by atoms with Gasteiger partial charge in [0.15, 0.2) is 11.5 Å². The van der Waals surface area contributed by atoms with E-state index in [-0.39, 0.29) is 6.79 Å². The van der Waals surface area contributed by atoms with E-state index < -0.39 is 0 Å². The molecule has 1 aliphatic heterocycles. The maximum atomic E-state index is 6.10. The van der Waals surface area contributed by atoms with Gasteiger partial charge in [-0.05, 0) is 42.0 Å². The van der Waals surface area contributed by atoms with Crippen molar-refractivity contribution in [3.8, 4) is 11.5 Å². The molecule has 0 radical (unpaired) electrons. The molecule has 2 heterocycles. The van der Waals surface area contributed by atoms with E-state index in [9.17, 15) is 0 Å². The standard InChI is InChI=1S/C17H12Cl2N2O2/c18-11-2-3-13-12(6-11)14(7-17(19)21-13)20-8-10-1-4-15-16(5-10)23-9-22-15/h1-7H,8-9H2,(H,20,21). The molecule has 1 N–H and O–H groups in total. The average molecular weight is 347 g/mol. The van der Waals surface area contributed by atoms with Gasteiger partial charge in [0.1, 0.15) is 5.15 Å². The second-order valence-electron chi connectivity index (χ2n) is 5.20. The SMILES string of the molecule is Clc1ccc2nc(Cl)cc(NCc3ccc4c(c3)OCO4)c2c1. The van der Waals surface area contributed by atoms with E-state index in [1.54, 1.807) is 12.1 Å². The van der Waals surface area contributed by atoms with E-state index in [2.05, 4.69) is 10.3 Å². The van der Waals surface area contributed by atoms with Crippen molar-refractivity contribution in [2.24, 2.45) is 0 Å². The minimum atomic E-state index is 0.273. The minimum Gasteiger partial charge on any atom is -0.454 e. The van der Waals surface area contributed by atoms with Crippen LogP contribution in [0.25, 0.3) is 10.9 Å². The van der Waals surface area contributed by atoms with E-state index in [1.807, 2.05) is 30.3 Å². The number of nitrogens with zero attached hydrogens (tertiary/aromatic N) is 1. The van der Waals surface area contributed by atoms with Gasteiger partial charge in [0.2, 0.25) is 6.79 Å². The number of fused-ring (bicyclic) bond motifs is 2. The Balaban J connectivity index is 1.63. The highest BCUT2D eigenvalue weighted by Crippen LogP contribution is 2.33. The monoisotopic (exact) mass is 346 g/mol. The van der Waals surface area contributed by atoms with Crippen LogP contribution in [-0.4, -0.2) is 11.8 Å². The third-order valence-corrected chi connectivity index (χ3v) is 4.09. The minimum absolute atomic E-state index is 0.273. The highest BCUT2D eigenvalue weighted by atomic mass is 35.5. The van der Waals surface area contributed by atoms with Crippen LogP contribution >= 0.6 is 23.2 Å². The van der Waals surface area contributed by atoms with Gasteiger partial charge in [0.25, 0.3) is 0 Å². The molecule has 0 saturated heterocycles. The Morgan fingerprint density at radius 3 is 2.78 bits per heavy atom. The predicted molar refractivity (Wildman–Crippen MR) is 91.7 cm³/mol. The molecular weight excluding hydrogens is 335 g/mol. The molecule has 1 aromatic heterocycles. The Hall–Kier alpha value is -2.17. The number of nitrogens with one attached hydrogen (secondary N) is 1.